The first-order chi connectivity index (χ1) is 12.8. The highest BCUT2D eigenvalue weighted by Crippen LogP contribution is 2.67. The van der Waals surface area contributed by atoms with Gasteiger partial charge in [-0.2, -0.15) is 8.42 Å². The molecule has 0 saturated heterocycles. The second kappa shape index (κ2) is 8.10. The maximum atomic E-state index is 12.1. The predicted molar refractivity (Wildman–Crippen MR) is 106 cm³/mol. The minimum absolute atomic E-state index is 0.0340. The molecule has 2 aliphatic rings. The third kappa shape index (κ3) is 4.10. The van der Waals surface area contributed by atoms with E-state index in [0.29, 0.717) is 23.6 Å². The molecule has 156 valence electrons. The van der Waals surface area contributed by atoms with Gasteiger partial charge in [-0.1, -0.05) is 48.0 Å². The van der Waals surface area contributed by atoms with Gasteiger partial charge in [0.05, 0.1) is 11.1 Å². The standard InChI is InChI=1S/C10H15BrO4S.C8H9NO3/c1-9(2)6-3-4-10(9,7(12)5-6)8(11)16(13,14)15;10-8(11)6-9(12)7-4-2-1-3-5-7/h6,8H,3-5H2,1-2H3,(H,13,14,15);1-5,12H,6H2,(H,10,11). The molecule has 0 aromatic heterocycles. The number of carboxylic acid groups (broad SMARTS) is 1. The molecule has 0 aliphatic heterocycles. The van der Waals surface area contributed by atoms with Gasteiger partial charge in [-0.3, -0.25) is 19.3 Å². The van der Waals surface area contributed by atoms with Crippen molar-refractivity contribution < 1.29 is 32.9 Å². The molecule has 2 aliphatic carbocycles. The molecule has 2 bridgehead atoms. The number of carboxylic acids is 1. The molecule has 3 atom stereocenters. The number of halogens is 1. The minimum Gasteiger partial charge on any atom is -0.480 e. The number of nitrogens with zero attached hydrogens (tertiary/aromatic N) is 1. The Balaban J connectivity index is 0.000000209. The normalized spacial score (nSPS) is 26.3. The predicted octanol–water partition coefficient (Wildman–Crippen LogP) is 2.96. The number of carbonyl (C=O) groups is 2. The number of fused-ring (bicyclic) bond motifs is 2. The van der Waals surface area contributed by atoms with Gasteiger partial charge in [0.25, 0.3) is 10.1 Å². The van der Waals surface area contributed by atoms with Crippen molar-refractivity contribution in [1.29, 1.82) is 0 Å². The molecule has 0 radical (unpaired) electrons. The first-order valence-electron chi connectivity index (χ1n) is 8.71. The van der Waals surface area contributed by atoms with Gasteiger partial charge in [-0.05, 0) is 36.3 Å². The topological polar surface area (TPSA) is 132 Å². The quantitative estimate of drug-likeness (QED) is 0.334. The van der Waals surface area contributed by atoms with Gasteiger partial charge < -0.3 is 5.11 Å². The summed E-state index contributed by atoms with van der Waals surface area (Å²) in [5, 5.41) is 18.2. The van der Waals surface area contributed by atoms with Crippen LogP contribution in [0.5, 0.6) is 0 Å². The third-order valence-corrected chi connectivity index (χ3v) is 9.10. The van der Waals surface area contributed by atoms with Crippen molar-refractivity contribution in [1.82, 2.24) is 0 Å². The summed E-state index contributed by atoms with van der Waals surface area (Å²) < 4.78 is 30.6. The Kier molecular flexibility index (Phi) is 6.59. The maximum absolute atomic E-state index is 12.1. The Morgan fingerprint density at radius 1 is 1.32 bits per heavy atom. The highest BCUT2D eigenvalue weighted by atomic mass is 79.9. The average molecular weight is 478 g/mol. The van der Waals surface area contributed by atoms with Crippen LogP contribution in [0, 0.1) is 16.7 Å². The zero-order chi connectivity index (χ0) is 21.3. The number of anilines is 1. The monoisotopic (exact) mass is 477 g/mol. The molecule has 1 aromatic carbocycles. The van der Waals surface area contributed by atoms with Crippen molar-refractivity contribution in [3.63, 3.8) is 0 Å². The molecule has 2 fully saturated rings. The fourth-order valence-electron chi connectivity index (χ4n) is 4.32. The number of rotatable bonds is 5. The highest BCUT2D eigenvalue weighted by molar-refractivity contribution is 9.11. The number of hydrogen-bond acceptors (Lipinski definition) is 6. The summed E-state index contributed by atoms with van der Waals surface area (Å²) in [6.07, 6.45) is 1.83. The number of alkyl halides is 1. The fourth-order valence-corrected chi connectivity index (χ4v) is 6.45. The van der Waals surface area contributed by atoms with Crippen molar-refractivity contribution in [2.75, 3.05) is 11.6 Å². The minimum atomic E-state index is -4.24. The number of para-hydroxylation sites is 1. The smallest absolute Gasteiger partial charge is 0.325 e. The van der Waals surface area contributed by atoms with Crippen LogP contribution in [0.25, 0.3) is 0 Å². The molecule has 8 nitrogen and oxygen atoms in total. The molecule has 0 amide bonds. The number of ketones is 1. The SMILES string of the molecule is CC1(C)C2CCC1(C(Br)S(=O)(=O)O)C(=O)C2.O=C(O)CN(O)c1ccccc1. The van der Waals surface area contributed by atoms with Gasteiger partial charge in [0, 0.05) is 6.42 Å². The second-order valence-electron chi connectivity index (χ2n) is 7.67. The number of hydrogen-bond donors (Lipinski definition) is 3. The Morgan fingerprint density at radius 2 is 1.89 bits per heavy atom. The van der Waals surface area contributed by atoms with Gasteiger partial charge in [0.1, 0.15) is 12.3 Å². The molecular formula is C18H24BrNO7S. The van der Waals surface area contributed by atoms with Gasteiger partial charge in [0.2, 0.25) is 0 Å². The zero-order valence-corrected chi connectivity index (χ0v) is 18.0. The van der Waals surface area contributed by atoms with Crippen molar-refractivity contribution in [2.45, 2.75) is 37.3 Å². The van der Waals surface area contributed by atoms with E-state index in [2.05, 4.69) is 15.9 Å². The average Bonchev–Trinajstić information content (AvgIpc) is 2.96. The van der Waals surface area contributed by atoms with E-state index in [4.69, 9.17) is 10.3 Å². The van der Waals surface area contributed by atoms with Crippen molar-refractivity contribution >= 4 is 43.5 Å². The lowest BCUT2D eigenvalue weighted by Gasteiger charge is -2.38. The van der Waals surface area contributed by atoms with Crippen LogP contribution in [0.3, 0.4) is 0 Å². The highest BCUT2D eigenvalue weighted by Gasteiger charge is 2.69. The lowest BCUT2D eigenvalue weighted by atomic mass is 9.70. The van der Waals surface area contributed by atoms with Crippen molar-refractivity contribution in [3.8, 4) is 0 Å². The summed E-state index contributed by atoms with van der Waals surface area (Å²) in [5.74, 6) is -0.864. The number of Topliss-reactive ketones (excluding diaryl/α,β-unsaturated/α-hetero) is 1. The number of aliphatic carboxylic acids is 1. The maximum Gasteiger partial charge on any atom is 0.325 e. The van der Waals surface area contributed by atoms with Crippen LogP contribution >= 0.6 is 15.9 Å². The van der Waals surface area contributed by atoms with Crippen molar-refractivity contribution in [3.05, 3.63) is 30.3 Å². The lowest BCUT2D eigenvalue weighted by Crippen LogP contribution is -2.46. The Morgan fingerprint density at radius 3 is 2.29 bits per heavy atom. The van der Waals surface area contributed by atoms with Gasteiger partial charge >= 0.3 is 5.97 Å². The van der Waals surface area contributed by atoms with Crippen LogP contribution in [0.1, 0.15) is 33.1 Å². The summed E-state index contributed by atoms with van der Waals surface area (Å²) in [6.45, 7) is 3.44. The van der Waals surface area contributed by atoms with Gasteiger partial charge in [-0.15, -0.1) is 0 Å². The second-order valence-corrected chi connectivity index (χ2v) is 10.7. The molecule has 3 unspecified atom stereocenters. The van der Waals surface area contributed by atoms with E-state index in [0.717, 1.165) is 6.42 Å². The largest absolute Gasteiger partial charge is 0.480 e. The van der Waals surface area contributed by atoms with E-state index in [9.17, 15) is 22.6 Å². The molecule has 0 heterocycles. The summed E-state index contributed by atoms with van der Waals surface area (Å²) >= 11 is 3.03. The number of carbonyl (C=O) groups excluding carboxylic acids is 1. The number of benzene rings is 1. The summed E-state index contributed by atoms with van der Waals surface area (Å²) in [4.78, 5) is 22.2. The molecule has 2 saturated carbocycles. The first-order valence-corrected chi connectivity index (χ1v) is 11.1. The molecule has 0 spiro atoms. The zero-order valence-electron chi connectivity index (χ0n) is 15.6. The molecule has 28 heavy (non-hydrogen) atoms. The first kappa shape index (κ1) is 22.8. The Labute approximate surface area is 172 Å². The van der Waals surface area contributed by atoms with E-state index < -0.39 is 32.2 Å². The van der Waals surface area contributed by atoms with Crippen LogP contribution in [0.15, 0.2) is 30.3 Å². The van der Waals surface area contributed by atoms with Crippen LogP contribution in [-0.2, 0) is 19.7 Å². The molecule has 10 heteroatoms. The van der Waals surface area contributed by atoms with Crippen LogP contribution in [-0.4, -0.2) is 45.7 Å². The van der Waals surface area contributed by atoms with E-state index >= 15 is 0 Å². The summed E-state index contributed by atoms with van der Waals surface area (Å²) in [5.41, 5.74) is -0.848. The summed E-state index contributed by atoms with van der Waals surface area (Å²) in [6, 6.07) is 8.49. The van der Waals surface area contributed by atoms with Crippen LogP contribution < -0.4 is 5.06 Å². The van der Waals surface area contributed by atoms with E-state index in [-0.39, 0.29) is 17.1 Å². The van der Waals surface area contributed by atoms with Crippen molar-refractivity contribution in [2.24, 2.45) is 16.7 Å². The molecular weight excluding hydrogens is 454 g/mol. The van der Waals surface area contributed by atoms with Gasteiger partial charge in [0.15, 0.2) is 4.16 Å². The Hall–Kier alpha value is -1.49. The van der Waals surface area contributed by atoms with E-state index in [1.165, 1.54) is 0 Å². The van der Waals surface area contributed by atoms with Gasteiger partial charge in [-0.25, -0.2) is 5.06 Å². The Bertz CT molecular complexity index is 843. The summed E-state index contributed by atoms with van der Waals surface area (Å²) in [7, 11) is -4.24. The van der Waals surface area contributed by atoms with Crippen LogP contribution in [0.4, 0.5) is 5.69 Å². The van der Waals surface area contributed by atoms with E-state index in [1.807, 2.05) is 13.8 Å². The molecule has 3 N–H and O–H groups in total. The van der Waals surface area contributed by atoms with E-state index in [1.54, 1.807) is 30.3 Å². The van der Waals surface area contributed by atoms with Crippen LogP contribution in [0.2, 0.25) is 0 Å². The number of hydroxylamine groups is 1. The molecule has 1 aromatic rings. The lowest BCUT2D eigenvalue weighted by molar-refractivity contribution is -0.136. The fraction of sp³-hybridized carbons (Fsp3) is 0.556. The third-order valence-electron chi connectivity index (χ3n) is 5.98. The molecule has 3 rings (SSSR count).